The third-order valence-corrected chi connectivity index (χ3v) is 3.23. The number of nitrogens with two attached hydrogens (primary N) is 1. The second kappa shape index (κ2) is 6.88. The third kappa shape index (κ3) is 3.81. The highest BCUT2D eigenvalue weighted by molar-refractivity contribution is 5.95. The van der Waals surface area contributed by atoms with Crippen LogP contribution in [-0.2, 0) is 11.2 Å². The molecule has 0 saturated heterocycles. The molecule has 110 valence electrons. The monoisotopic (exact) mass is 286 g/mol. The van der Waals surface area contributed by atoms with Gasteiger partial charge in [-0.3, -0.25) is 4.79 Å². The first kappa shape index (κ1) is 15.0. The Hall–Kier alpha value is -2.36. The fourth-order valence-corrected chi connectivity index (χ4v) is 2.21. The number of benzene rings is 2. The van der Waals surface area contributed by atoms with Gasteiger partial charge in [-0.05, 0) is 36.2 Å². The first-order valence-electron chi connectivity index (χ1n) is 7.01. The molecule has 21 heavy (non-hydrogen) atoms. The van der Waals surface area contributed by atoms with Gasteiger partial charge in [0.25, 0.3) is 0 Å². The number of anilines is 2. The summed E-state index contributed by atoms with van der Waals surface area (Å²) in [6, 6.07) is 13.5. The maximum Gasteiger partial charge on any atom is 0.231 e. The summed E-state index contributed by atoms with van der Waals surface area (Å²) in [4.78, 5) is 14.1. The zero-order chi connectivity index (χ0) is 15.2. The second-order valence-electron chi connectivity index (χ2n) is 4.91. The maximum absolute atomic E-state index is 13.7. The molecule has 2 rings (SSSR count). The van der Waals surface area contributed by atoms with Gasteiger partial charge in [-0.1, -0.05) is 31.2 Å². The zero-order valence-corrected chi connectivity index (χ0v) is 12.1. The average molecular weight is 286 g/mol. The van der Waals surface area contributed by atoms with Crippen LogP contribution in [0.3, 0.4) is 0 Å². The Morgan fingerprint density at radius 1 is 1.19 bits per heavy atom. The number of rotatable bonds is 5. The molecule has 0 fully saturated rings. The largest absolute Gasteiger partial charge is 0.399 e. The first-order chi connectivity index (χ1) is 10.1. The van der Waals surface area contributed by atoms with Gasteiger partial charge in [-0.25, -0.2) is 4.39 Å². The Bertz CT molecular complexity index is 628. The molecule has 2 aromatic rings. The molecular formula is C17H19FN2O. The van der Waals surface area contributed by atoms with E-state index in [0.717, 1.165) is 12.1 Å². The van der Waals surface area contributed by atoms with Gasteiger partial charge in [0, 0.05) is 17.9 Å². The quantitative estimate of drug-likeness (QED) is 0.856. The molecule has 0 radical (unpaired) electrons. The van der Waals surface area contributed by atoms with Crippen LogP contribution in [0.2, 0.25) is 0 Å². The van der Waals surface area contributed by atoms with Crippen molar-refractivity contribution in [1.29, 1.82) is 0 Å². The van der Waals surface area contributed by atoms with Crippen LogP contribution >= 0.6 is 0 Å². The van der Waals surface area contributed by atoms with Crippen molar-refractivity contribution >= 4 is 17.3 Å². The van der Waals surface area contributed by atoms with Crippen LogP contribution in [0.4, 0.5) is 15.8 Å². The summed E-state index contributed by atoms with van der Waals surface area (Å²) in [5.41, 5.74) is 7.53. The molecule has 0 atom stereocenters. The van der Waals surface area contributed by atoms with Crippen molar-refractivity contribution in [2.75, 3.05) is 17.2 Å². The smallest absolute Gasteiger partial charge is 0.231 e. The maximum atomic E-state index is 13.7. The Labute approximate surface area is 124 Å². The SMILES string of the molecule is CCCN(C(=O)Cc1ccccc1F)c1cccc(N)c1. The Kier molecular flexibility index (Phi) is 4.93. The normalized spacial score (nSPS) is 10.4. The molecule has 0 bridgehead atoms. The Balaban J connectivity index is 2.22. The highest BCUT2D eigenvalue weighted by Gasteiger charge is 2.17. The van der Waals surface area contributed by atoms with E-state index in [2.05, 4.69) is 0 Å². The van der Waals surface area contributed by atoms with Crippen LogP contribution in [0.15, 0.2) is 48.5 Å². The Morgan fingerprint density at radius 3 is 2.62 bits per heavy atom. The van der Waals surface area contributed by atoms with Gasteiger partial charge in [0.05, 0.1) is 6.42 Å². The van der Waals surface area contributed by atoms with E-state index < -0.39 is 0 Å². The van der Waals surface area contributed by atoms with Crippen molar-refractivity contribution in [1.82, 2.24) is 0 Å². The summed E-state index contributed by atoms with van der Waals surface area (Å²) >= 11 is 0. The molecule has 0 aliphatic carbocycles. The van der Waals surface area contributed by atoms with E-state index in [1.165, 1.54) is 6.07 Å². The van der Waals surface area contributed by atoms with Crippen LogP contribution < -0.4 is 10.6 Å². The van der Waals surface area contributed by atoms with Crippen LogP contribution in [0.1, 0.15) is 18.9 Å². The lowest BCUT2D eigenvalue weighted by molar-refractivity contribution is -0.118. The lowest BCUT2D eigenvalue weighted by atomic mass is 10.1. The van der Waals surface area contributed by atoms with Gasteiger partial charge < -0.3 is 10.6 Å². The van der Waals surface area contributed by atoms with E-state index in [0.29, 0.717) is 17.8 Å². The summed E-state index contributed by atoms with van der Waals surface area (Å²) in [6.07, 6.45) is 0.860. The molecular weight excluding hydrogens is 267 g/mol. The molecule has 0 aromatic heterocycles. The molecule has 3 nitrogen and oxygen atoms in total. The summed E-state index contributed by atoms with van der Waals surface area (Å²) < 4.78 is 13.7. The number of nitrogen functional groups attached to an aromatic ring is 1. The summed E-state index contributed by atoms with van der Waals surface area (Å²) in [7, 11) is 0. The fraction of sp³-hybridized carbons (Fsp3) is 0.235. The molecule has 4 heteroatoms. The molecule has 2 aromatic carbocycles. The van der Waals surface area contributed by atoms with Crippen molar-refractivity contribution in [2.45, 2.75) is 19.8 Å². The topological polar surface area (TPSA) is 46.3 Å². The summed E-state index contributed by atoms with van der Waals surface area (Å²) in [6.45, 7) is 2.58. The predicted molar refractivity (Wildman–Crippen MR) is 83.6 cm³/mol. The predicted octanol–water partition coefficient (Wildman–Crippen LogP) is 3.39. The highest BCUT2D eigenvalue weighted by atomic mass is 19.1. The van der Waals surface area contributed by atoms with E-state index in [1.54, 1.807) is 35.2 Å². The van der Waals surface area contributed by atoms with Gasteiger partial charge in [0.1, 0.15) is 5.82 Å². The zero-order valence-electron chi connectivity index (χ0n) is 12.1. The van der Waals surface area contributed by atoms with Crippen molar-refractivity contribution in [2.24, 2.45) is 0 Å². The number of amides is 1. The van der Waals surface area contributed by atoms with Crippen molar-refractivity contribution in [3.05, 3.63) is 59.9 Å². The van der Waals surface area contributed by atoms with Crippen molar-refractivity contribution in [3.8, 4) is 0 Å². The molecule has 0 unspecified atom stereocenters. The number of hydrogen-bond acceptors (Lipinski definition) is 2. The number of nitrogens with zero attached hydrogens (tertiary/aromatic N) is 1. The number of carbonyl (C=O) groups excluding carboxylic acids is 1. The fourth-order valence-electron chi connectivity index (χ4n) is 2.21. The summed E-state index contributed by atoms with van der Waals surface area (Å²) in [5.74, 6) is -0.484. The van der Waals surface area contributed by atoms with Crippen LogP contribution in [0.5, 0.6) is 0 Å². The van der Waals surface area contributed by atoms with Gasteiger partial charge in [0.15, 0.2) is 0 Å². The molecule has 0 aliphatic rings. The second-order valence-corrected chi connectivity index (χ2v) is 4.91. The van der Waals surface area contributed by atoms with E-state index in [-0.39, 0.29) is 18.1 Å². The van der Waals surface area contributed by atoms with E-state index >= 15 is 0 Å². The molecule has 0 aliphatic heterocycles. The number of carbonyl (C=O) groups is 1. The average Bonchev–Trinajstić information content (AvgIpc) is 2.47. The Morgan fingerprint density at radius 2 is 1.95 bits per heavy atom. The molecule has 0 spiro atoms. The molecule has 2 N–H and O–H groups in total. The van der Waals surface area contributed by atoms with Gasteiger partial charge in [0.2, 0.25) is 5.91 Å². The minimum Gasteiger partial charge on any atom is -0.399 e. The number of hydrogen-bond donors (Lipinski definition) is 1. The van der Waals surface area contributed by atoms with Gasteiger partial charge in [-0.15, -0.1) is 0 Å². The third-order valence-electron chi connectivity index (χ3n) is 3.23. The molecule has 0 saturated carbocycles. The van der Waals surface area contributed by atoms with Crippen LogP contribution in [0, 0.1) is 5.82 Å². The van der Waals surface area contributed by atoms with Crippen LogP contribution in [0.25, 0.3) is 0 Å². The van der Waals surface area contributed by atoms with Crippen molar-refractivity contribution in [3.63, 3.8) is 0 Å². The van der Waals surface area contributed by atoms with Crippen molar-refractivity contribution < 1.29 is 9.18 Å². The number of halogens is 1. The first-order valence-corrected chi connectivity index (χ1v) is 7.01. The lowest BCUT2D eigenvalue weighted by Gasteiger charge is -2.23. The summed E-state index contributed by atoms with van der Waals surface area (Å²) in [5, 5.41) is 0. The van der Waals surface area contributed by atoms with E-state index in [4.69, 9.17) is 5.73 Å². The molecule has 1 amide bonds. The minimum absolute atomic E-state index is 0.0431. The van der Waals surface area contributed by atoms with Gasteiger partial charge >= 0.3 is 0 Å². The van der Waals surface area contributed by atoms with E-state index in [1.807, 2.05) is 19.1 Å². The van der Waals surface area contributed by atoms with E-state index in [9.17, 15) is 9.18 Å². The minimum atomic E-state index is -0.352. The van der Waals surface area contributed by atoms with Crippen LogP contribution in [-0.4, -0.2) is 12.5 Å². The molecule has 0 heterocycles. The standard InChI is InChI=1S/C17H19FN2O/c1-2-10-20(15-8-5-7-14(19)12-15)17(21)11-13-6-3-4-9-16(13)18/h3-9,12H,2,10-11,19H2,1H3. The highest BCUT2D eigenvalue weighted by Crippen LogP contribution is 2.19. The lowest BCUT2D eigenvalue weighted by Crippen LogP contribution is -2.33. The van der Waals surface area contributed by atoms with Gasteiger partial charge in [-0.2, -0.15) is 0 Å².